The van der Waals surface area contributed by atoms with E-state index < -0.39 is 12.1 Å². The fourth-order valence-electron chi connectivity index (χ4n) is 1.57. The molecule has 0 aliphatic heterocycles. The van der Waals surface area contributed by atoms with Gasteiger partial charge in [-0.3, -0.25) is 4.79 Å². The molecule has 5 nitrogen and oxygen atoms in total. The molecule has 1 amide bonds. The fourth-order valence-corrected chi connectivity index (χ4v) is 1.83. The molecule has 0 aromatic heterocycles. The maximum atomic E-state index is 11.9. The maximum Gasteiger partial charge on any atom is 0.337 e. The summed E-state index contributed by atoms with van der Waals surface area (Å²) in [4.78, 5) is 22.8. The average Bonchev–Trinajstić information content (AvgIpc) is 2.37. The first-order chi connectivity index (χ1) is 9.81. The van der Waals surface area contributed by atoms with E-state index in [9.17, 15) is 9.59 Å². The van der Waals surface area contributed by atoms with Crippen molar-refractivity contribution >= 4 is 29.2 Å². The zero-order valence-corrected chi connectivity index (χ0v) is 13.1. The lowest BCUT2D eigenvalue weighted by Gasteiger charge is -2.14. The Morgan fingerprint density at radius 3 is 2.52 bits per heavy atom. The van der Waals surface area contributed by atoms with E-state index in [2.05, 4.69) is 19.2 Å². The molecule has 0 fully saturated rings. The number of carbonyl (C=O) groups excluding carboxylic acids is 1. The van der Waals surface area contributed by atoms with Crippen LogP contribution in [-0.4, -0.2) is 29.7 Å². The van der Waals surface area contributed by atoms with Crippen LogP contribution >= 0.6 is 11.6 Å². The highest BCUT2D eigenvalue weighted by Gasteiger charge is 2.15. The van der Waals surface area contributed by atoms with Crippen molar-refractivity contribution in [1.82, 2.24) is 0 Å². The van der Waals surface area contributed by atoms with Crippen LogP contribution in [0.3, 0.4) is 0 Å². The number of carboxylic acid groups (broad SMARTS) is 1. The molecule has 1 unspecified atom stereocenters. The van der Waals surface area contributed by atoms with Crippen LogP contribution in [-0.2, 0) is 9.53 Å². The lowest BCUT2D eigenvalue weighted by atomic mass is 10.1. The monoisotopic (exact) mass is 313 g/mol. The third kappa shape index (κ3) is 5.73. The Morgan fingerprint density at radius 1 is 1.33 bits per heavy atom. The van der Waals surface area contributed by atoms with Crippen molar-refractivity contribution in [2.24, 2.45) is 5.92 Å². The second-order valence-corrected chi connectivity index (χ2v) is 5.59. The Kier molecular flexibility index (Phi) is 6.65. The lowest BCUT2D eigenvalue weighted by molar-refractivity contribution is -0.126. The SMILES string of the molecule is CC(C)CCOC(C)C(=O)Nc1ccc(C(=O)O)c(Cl)c1. The number of anilines is 1. The van der Waals surface area contributed by atoms with Crippen LogP contribution in [0.15, 0.2) is 18.2 Å². The van der Waals surface area contributed by atoms with Gasteiger partial charge in [-0.2, -0.15) is 0 Å². The molecule has 1 atom stereocenters. The van der Waals surface area contributed by atoms with Crippen molar-refractivity contribution in [3.05, 3.63) is 28.8 Å². The second-order valence-electron chi connectivity index (χ2n) is 5.18. The highest BCUT2D eigenvalue weighted by molar-refractivity contribution is 6.33. The number of halogens is 1. The number of nitrogens with one attached hydrogen (secondary N) is 1. The predicted molar refractivity (Wildman–Crippen MR) is 81.9 cm³/mol. The summed E-state index contributed by atoms with van der Waals surface area (Å²) in [6.45, 7) is 6.36. The van der Waals surface area contributed by atoms with Gasteiger partial charge in [-0.15, -0.1) is 0 Å². The smallest absolute Gasteiger partial charge is 0.337 e. The summed E-state index contributed by atoms with van der Waals surface area (Å²) >= 11 is 5.84. The molecule has 2 N–H and O–H groups in total. The molecule has 0 radical (unpaired) electrons. The number of aromatic carboxylic acids is 1. The van der Waals surface area contributed by atoms with Gasteiger partial charge in [-0.05, 0) is 37.5 Å². The third-order valence-electron chi connectivity index (χ3n) is 2.90. The first-order valence-electron chi connectivity index (χ1n) is 6.76. The van der Waals surface area contributed by atoms with E-state index in [1.165, 1.54) is 18.2 Å². The highest BCUT2D eigenvalue weighted by atomic mass is 35.5. The van der Waals surface area contributed by atoms with Crippen molar-refractivity contribution in [1.29, 1.82) is 0 Å². The molecule has 0 heterocycles. The second kappa shape index (κ2) is 8.00. The number of rotatable bonds is 7. The van der Waals surface area contributed by atoms with Gasteiger partial charge in [-0.25, -0.2) is 4.79 Å². The quantitative estimate of drug-likeness (QED) is 0.808. The molecule has 1 rings (SSSR count). The molecular weight excluding hydrogens is 294 g/mol. The Bertz CT molecular complexity index is 516. The Morgan fingerprint density at radius 2 is 2.00 bits per heavy atom. The molecule has 0 aliphatic carbocycles. The van der Waals surface area contributed by atoms with Gasteiger partial charge in [0.25, 0.3) is 5.91 Å². The first-order valence-corrected chi connectivity index (χ1v) is 7.14. The van der Waals surface area contributed by atoms with Crippen molar-refractivity contribution in [3.8, 4) is 0 Å². The fraction of sp³-hybridized carbons (Fsp3) is 0.467. The summed E-state index contributed by atoms with van der Waals surface area (Å²) in [5.74, 6) is -0.885. The minimum atomic E-state index is -1.11. The van der Waals surface area contributed by atoms with Gasteiger partial charge < -0.3 is 15.2 Å². The molecular formula is C15H20ClNO4. The van der Waals surface area contributed by atoms with Crippen LogP contribution in [0.4, 0.5) is 5.69 Å². The van der Waals surface area contributed by atoms with Crippen LogP contribution in [0.25, 0.3) is 0 Å². The van der Waals surface area contributed by atoms with E-state index in [1.54, 1.807) is 6.92 Å². The van der Waals surface area contributed by atoms with E-state index in [-0.39, 0.29) is 16.5 Å². The van der Waals surface area contributed by atoms with Gasteiger partial charge >= 0.3 is 5.97 Å². The zero-order valence-electron chi connectivity index (χ0n) is 12.4. The van der Waals surface area contributed by atoms with Crippen molar-refractivity contribution in [2.75, 3.05) is 11.9 Å². The summed E-state index contributed by atoms with van der Waals surface area (Å²) in [5, 5.41) is 11.6. The minimum absolute atomic E-state index is 0.00380. The van der Waals surface area contributed by atoms with E-state index in [1.807, 2.05) is 0 Å². The molecule has 0 aliphatic rings. The van der Waals surface area contributed by atoms with Crippen LogP contribution < -0.4 is 5.32 Å². The molecule has 1 aromatic carbocycles. The van der Waals surface area contributed by atoms with Crippen molar-refractivity contribution in [2.45, 2.75) is 33.3 Å². The first kappa shape index (κ1) is 17.5. The Labute approximate surface area is 129 Å². The van der Waals surface area contributed by atoms with Crippen LogP contribution in [0.5, 0.6) is 0 Å². The summed E-state index contributed by atoms with van der Waals surface area (Å²) < 4.78 is 5.44. The minimum Gasteiger partial charge on any atom is -0.478 e. The van der Waals surface area contributed by atoms with E-state index in [0.29, 0.717) is 18.2 Å². The zero-order chi connectivity index (χ0) is 16.0. The van der Waals surface area contributed by atoms with Crippen LogP contribution in [0.1, 0.15) is 37.6 Å². The number of hydrogen-bond acceptors (Lipinski definition) is 3. The van der Waals surface area contributed by atoms with Crippen LogP contribution in [0.2, 0.25) is 5.02 Å². The number of carboxylic acids is 1. The molecule has 6 heteroatoms. The van der Waals surface area contributed by atoms with Crippen molar-refractivity contribution in [3.63, 3.8) is 0 Å². The standard InChI is InChI=1S/C15H20ClNO4/c1-9(2)6-7-21-10(3)14(18)17-11-4-5-12(15(19)20)13(16)8-11/h4-5,8-10H,6-7H2,1-3H3,(H,17,18)(H,19,20). The van der Waals surface area contributed by atoms with Gasteiger partial charge in [0, 0.05) is 12.3 Å². The molecule has 0 saturated heterocycles. The molecule has 0 bridgehead atoms. The molecule has 0 saturated carbocycles. The number of benzene rings is 1. The van der Waals surface area contributed by atoms with Gasteiger partial charge in [-0.1, -0.05) is 25.4 Å². The number of carbonyl (C=O) groups is 2. The molecule has 0 spiro atoms. The molecule has 116 valence electrons. The molecule has 1 aromatic rings. The highest BCUT2D eigenvalue weighted by Crippen LogP contribution is 2.21. The summed E-state index contributed by atoms with van der Waals surface area (Å²) in [6.07, 6.45) is 0.304. The van der Waals surface area contributed by atoms with Gasteiger partial charge in [0.2, 0.25) is 0 Å². The van der Waals surface area contributed by atoms with Gasteiger partial charge in [0.1, 0.15) is 6.10 Å². The Hall–Kier alpha value is -1.59. The number of amides is 1. The molecule has 21 heavy (non-hydrogen) atoms. The van der Waals surface area contributed by atoms with Gasteiger partial charge in [0.15, 0.2) is 0 Å². The largest absolute Gasteiger partial charge is 0.478 e. The van der Waals surface area contributed by atoms with Crippen molar-refractivity contribution < 1.29 is 19.4 Å². The van der Waals surface area contributed by atoms with E-state index in [4.69, 9.17) is 21.4 Å². The van der Waals surface area contributed by atoms with E-state index in [0.717, 1.165) is 6.42 Å². The topological polar surface area (TPSA) is 75.6 Å². The average molecular weight is 314 g/mol. The maximum absolute atomic E-state index is 11.9. The lowest BCUT2D eigenvalue weighted by Crippen LogP contribution is -2.28. The van der Waals surface area contributed by atoms with Crippen LogP contribution in [0, 0.1) is 5.92 Å². The number of hydrogen-bond donors (Lipinski definition) is 2. The predicted octanol–water partition coefficient (Wildman–Crippen LogP) is 3.43. The normalized spacial score (nSPS) is 12.2. The summed E-state index contributed by atoms with van der Waals surface area (Å²) in [7, 11) is 0. The van der Waals surface area contributed by atoms with Gasteiger partial charge in [0.05, 0.1) is 10.6 Å². The summed E-state index contributed by atoms with van der Waals surface area (Å²) in [5.41, 5.74) is 0.435. The van der Waals surface area contributed by atoms with E-state index >= 15 is 0 Å². The summed E-state index contributed by atoms with van der Waals surface area (Å²) in [6, 6.07) is 4.25. The third-order valence-corrected chi connectivity index (χ3v) is 3.21. The Balaban J connectivity index is 2.58. The number of ether oxygens (including phenoxy) is 1.